The Morgan fingerprint density at radius 3 is 2.22 bits per heavy atom. The molecule has 0 saturated carbocycles. The maximum absolute atomic E-state index is 12.5. The molecule has 13 heteroatoms. The molecule has 0 bridgehead atoms. The highest BCUT2D eigenvalue weighted by Crippen LogP contribution is 2.24. The Hall–Kier alpha value is -4.00. The highest BCUT2D eigenvalue weighted by Gasteiger charge is 2.42. The summed E-state index contributed by atoms with van der Waals surface area (Å²) in [6.07, 6.45) is -3.73. The van der Waals surface area contributed by atoms with Crippen molar-refractivity contribution in [3.8, 4) is 11.5 Å². The van der Waals surface area contributed by atoms with E-state index in [1.807, 2.05) is 0 Å². The van der Waals surface area contributed by atoms with Crippen LogP contribution in [0.1, 0.15) is 26.3 Å². The Balaban J connectivity index is 1.71. The van der Waals surface area contributed by atoms with Gasteiger partial charge in [0.2, 0.25) is 0 Å². The number of rotatable bonds is 8. The van der Waals surface area contributed by atoms with E-state index < -0.39 is 47.7 Å². The van der Waals surface area contributed by atoms with Gasteiger partial charge in [-0.3, -0.25) is 10.1 Å². The van der Waals surface area contributed by atoms with E-state index in [0.717, 1.165) is 0 Å². The van der Waals surface area contributed by atoms with Crippen LogP contribution in [0.25, 0.3) is 0 Å². The molecule has 3 rings (SSSR count). The maximum atomic E-state index is 12.5. The zero-order valence-corrected chi connectivity index (χ0v) is 20.2. The minimum absolute atomic E-state index is 0.0104. The average Bonchev–Trinajstić information content (AvgIpc) is 3.14. The molecule has 37 heavy (non-hydrogen) atoms. The summed E-state index contributed by atoms with van der Waals surface area (Å²) in [7, 11) is 0. The van der Waals surface area contributed by atoms with Crippen molar-refractivity contribution in [3.05, 3.63) is 64.2 Å². The normalized spacial score (nSPS) is 19.2. The number of nitrogens with zero attached hydrogens (tertiary/aromatic N) is 1. The molecule has 1 fully saturated rings. The lowest BCUT2D eigenvalue weighted by atomic mass is 10.0. The van der Waals surface area contributed by atoms with Gasteiger partial charge in [-0.15, -0.1) is 0 Å². The van der Waals surface area contributed by atoms with E-state index in [2.05, 4.69) is 10.1 Å². The maximum Gasteiger partial charge on any atom is 0.514 e. The number of nitro groups is 1. The van der Waals surface area contributed by atoms with Crippen molar-refractivity contribution in [2.75, 3.05) is 6.54 Å². The topological polar surface area (TPSA) is 135 Å². The van der Waals surface area contributed by atoms with E-state index in [-0.39, 0.29) is 30.2 Å². The minimum atomic E-state index is -2.95. The fourth-order valence-electron chi connectivity index (χ4n) is 3.54. The fraction of sp³-hybridized carbons (Fsp3) is 0.417. The van der Waals surface area contributed by atoms with E-state index in [4.69, 9.17) is 18.9 Å². The largest absolute Gasteiger partial charge is 0.514 e. The van der Waals surface area contributed by atoms with Crippen molar-refractivity contribution in [3.63, 3.8) is 0 Å². The number of hydrogen-bond donors (Lipinski definition) is 1. The summed E-state index contributed by atoms with van der Waals surface area (Å²) in [5, 5.41) is 13.9. The second-order valence-corrected chi connectivity index (χ2v) is 9.05. The lowest BCUT2D eigenvalue weighted by Crippen LogP contribution is -2.41. The van der Waals surface area contributed by atoms with Crippen LogP contribution in [0, 0.1) is 10.1 Å². The van der Waals surface area contributed by atoms with Crippen LogP contribution in [-0.2, 0) is 20.6 Å². The molecule has 1 heterocycles. The van der Waals surface area contributed by atoms with Crippen LogP contribution < -0.4 is 14.8 Å². The summed E-state index contributed by atoms with van der Waals surface area (Å²) in [6.45, 7) is 2.18. The van der Waals surface area contributed by atoms with E-state index >= 15 is 0 Å². The van der Waals surface area contributed by atoms with Crippen LogP contribution in [0.4, 0.5) is 24.1 Å². The van der Waals surface area contributed by atoms with Crippen LogP contribution in [0.2, 0.25) is 0 Å². The predicted molar refractivity (Wildman–Crippen MR) is 124 cm³/mol. The summed E-state index contributed by atoms with van der Waals surface area (Å²) in [6, 6.07) is 10.2. The number of ether oxygens (including phenoxy) is 5. The molecule has 0 unspecified atom stereocenters. The Morgan fingerprint density at radius 1 is 1.03 bits per heavy atom. The van der Waals surface area contributed by atoms with Gasteiger partial charge in [0.05, 0.1) is 11.0 Å². The van der Waals surface area contributed by atoms with Crippen LogP contribution >= 0.6 is 0 Å². The van der Waals surface area contributed by atoms with Crippen molar-refractivity contribution in [2.45, 2.75) is 57.7 Å². The monoisotopic (exact) mass is 524 g/mol. The lowest BCUT2D eigenvalue weighted by Gasteiger charge is -2.25. The van der Waals surface area contributed by atoms with E-state index in [1.54, 1.807) is 32.9 Å². The summed E-state index contributed by atoms with van der Waals surface area (Å²) >= 11 is 0. The molecule has 1 aliphatic rings. The van der Waals surface area contributed by atoms with Crippen molar-refractivity contribution in [1.29, 1.82) is 0 Å². The Bertz CT molecular complexity index is 1090. The number of non-ortho nitro benzene ring substituents is 1. The van der Waals surface area contributed by atoms with Gasteiger partial charge in [0.15, 0.2) is 12.2 Å². The molecule has 2 aromatic carbocycles. The summed E-state index contributed by atoms with van der Waals surface area (Å²) in [5.74, 6) is 0.000998. The van der Waals surface area contributed by atoms with E-state index in [0.29, 0.717) is 5.56 Å². The average molecular weight is 524 g/mol. The standard InChI is InChI=1S/C24H26F2N2O9/c1-24(2,3)37-23(30)35-19-13-27-18(12-14-4-8-16(9-5-14)33-21(25)26)20(19)36-22(29)34-17-10-6-15(7-11-17)28(31)32/h4-11,18-21,27H,12-13H2,1-3H3/t18-,19+,20+/m1/s1. The fourth-order valence-corrected chi connectivity index (χ4v) is 3.54. The number of carbonyl (C=O) groups is 2. The molecular weight excluding hydrogens is 498 g/mol. The van der Waals surface area contributed by atoms with Gasteiger partial charge in [-0.25, -0.2) is 9.59 Å². The molecule has 1 N–H and O–H groups in total. The summed E-state index contributed by atoms with van der Waals surface area (Å²) in [5.41, 5.74) is -0.290. The molecular formula is C24H26F2N2O9. The highest BCUT2D eigenvalue weighted by atomic mass is 19.3. The third-order valence-electron chi connectivity index (χ3n) is 5.07. The van der Waals surface area contributed by atoms with Crippen molar-refractivity contribution in [2.24, 2.45) is 0 Å². The van der Waals surface area contributed by atoms with Crippen LogP contribution in [0.3, 0.4) is 0 Å². The number of nitrogens with one attached hydrogen (secondary N) is 1. The number of benzene rings is 2. The Morgan fingerprint density at radius 2 is 1.65 bits per heavy atom. The number of nitro benzene ring substituents is 1. The van der Waals surface area contributed by atoms with Gasteiger partial charge in [0.1, 0.15) is 17.1 Å². The first-order valence-electron chi connectivity index (χ1n) is 11.2. The molecule has 11 nitrogen and oxygen atoms in total. The summed E-state index contributed by atoms with van der Waals surface area (Å²) in [4.78, 5) is 35.0. The third kappa shape index (κ3) is 8.56. The molecule has 0 aromatic heterocycles. The molecule has 1 aliphatic heterocycles. The number of carbonyl (C=O) groups excluding carboxylic acids is 2. The zero-order chi connectivity index (χ0) is 27.2. The first kappa shape index (κ1) is 27.6. The second kappa shape index (κ2) is 11.8. The van der Waals surface area contributed by atoms with Gasteiger partial charge < -0.3 is 29.0 Å². The van der Waals surface area contributed by atoms with Gasteiger partial charge in [-0.05, 0) is 57.0 Å². The predicted octanol–water partition coefficient (Wildman–Crippen LogP) is 4.62. The Kier molecular flexibility index (Phi) is 8.81. The van der Waals surface area contributed by atoms with Crippen LogP contribution in [-0.4, -0.2) is 54.2 Å². The number of halogens is 2. The third-order valence-corrected chi connectivity index (χ3v) is 5.07. The number of hydrogen-bond acceptors (Lipinski definition) is 10. The van der Waals surface area contributed by atoms with Gasteiger partial charge in [0.25, 0.3) is 5.69 Å². The van der Waals surface area contributed by atoms with Crippen LogP contribution in [0.15, 0.2) is 48.5 Å². The number of alkyl halides is 2. The SMILES string of the molecule is CC(C)(C)OC(=O)O[C@H]1CN[C@H](Cc2ccc(OC(F)F)cc2)[C@@H]1OC(=O)Oc1ccc([N+](=O)[O-])cc1. The van der Waals surface area contributed by atoms with Gasteiger partial charge in [0, 0.05) is 18.7 Å². The van der Waals surface area contributed by atoms with Crippen molar-refractivity contribution >= 4 is 18.0 Å². The van der Waals surface area contributed by atoms with E-state index in [9.17, 15) is 28.5 Å². The van der Waals surface area contributed by atoms with Gasteiger partial charge in [-0.1, -0.05) is 12.1 Å². The second-order valence-electron chi connectivity index (χ2n) is 9.05. The molecule has 200 valence electrons. The molecule has 1 saturated heterocycles. The molecule has 3 atom stereocenters. The molecule has 0 amide bonds. The van der Waals surface area contributed by atoms with E-state index in [1.165, 1.54) is 36.4 Å². The van der Waals surface area contributed by atoms with Crippen molar-refractivity contribution < 1.29 is 47.0 Å². The molecule has 0 aliphatic carbocycles. The summed E-state index contributed by atoms with van der Waals surface area (Å²) < 4.78 is 50.3. The van der Waals surface area contributed by atoms with Gasteiger partial charge in [-0.2, -0.15) is 8.78 Å². The van der Waals surface area contributed by atoms with Crippen LogP contribution in [0.5, 0.6) is 11.5 Å². The van der Waals surface area contributed by atoms with Crippen molar-refractivity contribution in [1.82, 2.24) is 5.32 Å². The zero-order valence-electron chi connectivity index (χ0n) is 20.2. The first-order valence-corrected chi connectivity index (χ1v) is 11.2. The smallest absolute Gasteiger partial charge is 0.435 e. The molecule has 0 radical (unpaired) electrons. The minimum Gasteiger partial charge on any atom is -0.435 e. The molecule has 0 spiro atoms. The highest BCUT2D eigenvalue weighted by molar-refractivity contribution is 5.65. The first-order chi connectivity index (χ1) is 17.4. The quantitative estimate of drug-likeness (QED) is 0.226. The lowest BCUT2D eigenvalue weighted by molar-refractivity contribution is -0.384. The Labute approximate surface area is 210 Å². The molecule has 2 aromatic rings. The van der Waals surface area contributed by atoms with Gasteiger partial charge >= 0.3 is 18.9 Å².